The maximum Gasteiger partial charge on any atom is 0.300 e. The van der Waals surface area contributed by atoms with Crippen LogP contribution in [0.1, 0.15) is 41.6 Å². The summed E-state index contributed by atoms with van der Waals surface area (Å²) in [5.41, 5.74) is 5.90. The molecule has 1 heterocycles. The van der Waals surface area contributed by atoms with Gasteiger partial charge in [0.05, 0.1) is 45.3 Å². The van der Waals surface area contributed by atoms with E-state index in [1.54, 1.807) is 0 Å². The lowest BCUT2D eigenvalue weighted by Crippen LogP contribution is -2.28. The fraction of sp³-hybridized carbons (Fsp3) is 0.240. The number of carbonyl (C=O) groups excluding carboxylic acids is 1. The minimum absolute atomic E-state index is 0.0101. The molecule has 12 nitrogen and oxygen atoms in total. The van der Waals surface area contributed by atoms with Gasteiger partial charge in [0.15, 0.2) is 15.4 Å². The van der Waals surface area contributed by atoms with Crippen LogP contribution in [0.3, 0.4) is 0 Å². The van der Waals surface area contributed by atoms with Gasteiger partial charge in [0.25, 0.3) is 5.91 Å². The van der Waals surface area contributed by atoms with Crippen molar-refractivity contribution in [1.29, 1.82) is 0 Å². The van der Waals surface area contributed by atoms with Gasteiger partial charge in [0, 0.05) is 12.1 Å². The quantitative estimate of drug-likeness (QED) is 0.185. The maximum absolute atomic E-state index is 14.4. The van der Waals surface area contributed by atoms with Gasteiger partial charge in [-0.1, -0.05) is 6.92 Å². The van der Waals surface area contributed by atoms with E-state index in [2.05, 4.69) is 10.3 Å². The van der Waals surface area contributed by atoms with Crippen LogP contribution in [-0.4, -0.2) is 42.4 Å². The predicted molar refractivity (Wildman–Crippen MR) is 138 cm³/mol. The largest absolute Gasteiger partial charge is 0.496 e. The number of anilines is 3. The average Bonchev–Trinajstić information content (AvgIpc) is 3.64. The number of hydrogen-bond acceptors (Lipinski definition) is 10. The van der Waals surface area contributed by atoms with E-state index in [0.29, 0.717) is 5.56 Å². The molecule has 3 aromatic carbocycles. The third-order valence-corrected chi connectivity index (χ3v) is 8.32. The third kappa shape index (κ3) is 4.52. The van der Waals surface area contributed by atoms with Crippen molar-refractivity contribution < 1.29 is 31.9 Å². The number of carbonyl (C=O) groups is 1. The minimum Gasteiger partial charge on any atom is -0.496 e. The Labute approximate surface area is 221 Å². The van der Waals surface area contributed by atoms with E-state index in [-0.39, 0.29) is 56.0 Å². The van der Waals surface area contributed by atoms with Crippen LogP contribution in [0, 0.1) is 15.9 Å². The van der Waals surface area contributed by atoms with Crippen LogP contribution in [0.25, 0.3) is 11.0 Å². The van der Waals surface area contributed by atoms with Gasteiger partial charge in [-0.2, -0.15) is 0 Å². The molecule has 14 heteroatoms. The van der Waals surface area contributed by atoms with Crippen LogP contribution < -0.4 is 15.4 Å². The number of benzene rings is 3. The van der Waals surface area contributed by atoms with E-state index < -0.39 is 32.2 Å². The Bertz CT molecular complexity index is 1750. The van der Waals surface area contributed by atoms with Crippen molar-refractivity contribution in [1.82, 2.24) is 10.3 Å². The Balaban J connectivity index is 1.81. The first-order valence-corrected chi connectivity index (χ1v) is 13.5. The Morgan fingerprint density at radius 1 is 1.18 bits per heavy atom. The molecule has 2 N–H and O–H groups in total. The number of nitrogens with two attached hydrogens (primary N) is 1. The molecule has 39 heavy (non-hydrogen) atoms. The van der Waals surface area contributed by atoms with Gasteiger partial charge in [-0.05, 0) is 65.0 Å². The predicted octanol–water partition coefficient (Wildman–Crippen LogP) is 4.51. The number of nitrogen functional groups attached to an aromatic ring is 1. The number of amides is 1. The zero-order valence-corrected chi connectivity index (χ0v) is 21.6. The molecule has 0 atom stereocenters. The summed E-state index contributed by atoms with van der Waals surface area (Å²) in [4.78, 5) is 26.2. The molecule has 5 rings (SSSR count). The van der Waals surface area contributed by atoms with E-state index in [1.165, 1.54) is 49.3 Å². The zero-order chi connectivity index (χ0) is 28.1. The number of fused-ring (bicyclic) bond motifs is 1. The van der Waals surface area contributed by atoms with Crippen LogP contribution in [0.4, 0.5) is 27.1 Å². The number of hydrogen-bond donors (Lipinski definition) is 1. The molecule has 4 aromatic rings. The SMILES string of the molecule is CCS(=O)(=O)c1cc(C(=O)N(c2ccc(F)cc2C2CC2)c2ccc([N+](=O)[O-])c3nonc23)c(OC)cc1N. The molecule has 0 bridgehead atoms. The van der Waals surface area contributed by atoms with E-state index in [0.717, 1.165) is 25.0 Å². The molecule has 1 amide bonds. The smallest absolute Gasteiger partial charge is 0.300 e. The zero-order valence-electron chi connectivity index (χ0n) is 20.8. The van der Waals surface area contributed by atoms with Crippen LogP contribution in [0.5, 0.6) is 5.75 Å². The van der Waals surface area contributed by atoms with Crippen molar-refractivity contribution in [2.45, 2.75) is 30.6 Å². The number of nitro groups is 1. The summed E-state index contributed by atoms with van der Waals surface area (Å²) in [5.74, 6) is -1.58. The van der Waals surface area contributed by atoms with Gasteiger partial charge >= 0.3 is 5.69 Å². The normalized spacial score (nSPS) is 13.4. The second-order valence-electron chi connectivity index (χ2n) is 8.93. The molecule has 202 valence electrons. The number of nitro benzene ring substituents is 1. The molecule has 1 saturated carbocycles. The summed E-state index contributed by atoms with van der Waals surface area (Å²) in [6, 6.07) is 8.74. The Morgan fingerprint density at radius 2 is 1.87 bits per heavy atom. The van der Waals surface area contributed by atoms with Crippen molar-refractivity contribution in [3.05, 3.63) is 69.5 Å². The lowest BCUT2D eigenvalue weighted by atomic mass is 10.0. The Morgan fingerprint density at radius 3 is 2.51 bits per heavy atom. The lowest BCUT2D eigenvalue weighted by molar-refractivity contribution is -0.383. The Hall–Kier alpha value is -4.59. The second-order valence-corrected chi connectivity index (χ2v) is 11.2. The topological polar surface area (TPSA) is 172 Å². The molecular weight excluding hydrogens is 533 g/mol. The molecule has 1 aliphatic carbocycles. The highest BCUT2D eigenvalue weighted by molar-refractivity contribution is 7.91. The van der Waals surface area contributed by atoms with Gasteiger partial charge in [0.2, 0.25) is 5.52 Å². The number of aromatic nitrogens is 2. The molecule has 1 aromatic heterocycles. The molecule has 1 fully saturated rings. The van der Waals surface area contributed by atoms with Crippen LogP contribution >= 0.6 is 0 Å². The second kappa shape index (κ2) is 9.62. The standard InChI is InChI=1S/C25H22FN5O7S/c1-3-39(35,36)22-11-16(21(37-2)12-17(22)27)25(32)30(18-7-6-14(26)10-15(18)13-4-5-13)19-8-9-20(31(33)34)24-23(19)28-38-29-24/h6-13H,3-5,27H2,1-2H3. The van der Waals surface area contributed by atoms with E-state index >= 15 is 0 Å². The number of nitrogens with zero attached hydrogens (tertiary/aromatic N) is 4. The first kappa shape index (κ1) is 26.0. The summed E-state index contributed by atoms with van der Waals surface area (Å²) in [6.45, 7) is 1.44. The van der Waals surface area contributed by atoms with Crippen LogP contribution in [0.2, 0.25) is 0 Å². The monoisotopic (exact) mass is 555 g/mol. The lowest BCUT2D eigenvalue weighted by Gasteiger charge is -2.26. The number of sulfone groups is 1. The fourth-order valence-corrected chi connectivity index (χ4v) is 5.45. The number of methoxy groups -OCH3 is 1. The minimum atomic E-state index is -3.84. The summed E-state index contributed by atoms with van der Waals surface area (Å²) >= 11 is 0. The first-order chi connectivity index (χ1) is 18.6. The van der Waals surface area contributed by atoms with Crippen LogP contribution in [0.15, 0.2) is 52.0 Å². The molecule has 0 unspecified atom stereocenters. The van der Waals surface area contributed by atoms with Gasteiger partial charge in [-0.15, -0.1) is 0 Å². The van der Waals surface area contributed by atoms with E-state index in [4.69, 9.17) is 15.1 Å². The first-order valence-electron chi connectivity index (χ1n) is 11.8. The molecular formula is C25H22FN5O7S. The highest BCUT2D eigenvalue weighted by atomic mass is 32.2. The van der Waals surface area contributed by atoms with Crippen molar-refractivity contribution in [2.75, 3.05) is 23.5 Å². The van der Waals surface area contributed by atoms with Crippen molar-refractivity contribution in [3.63, 3.8) is 0 Å². The van der Waals surface area contributed by atoms with Gasteiger partial charge < -0.3 is 10.5 Å². The Kier molecular flexibility index (Phi) is 6.42. The average molecular weight is 556 g/mol. The highest BCUT2D eigenvalue weighted by Gasteiger charge is 2.35. The van der Waals surface area contributed by atoms with Gasteiger partial charge in [-0.25, -0.2) is 17.4 Å². The number of halogens is 1. The number of non-ortho nitro benzene ring substituents is 1. The molecule has 0 aliphatic heterocycles. The van der Waals surface area contributed by atoms with Gasteiger partial charge in [-0.3, -0.25) is 19.8 Å². The van der Waals surface area contributed by atoms with Crippen molar-refractivity contribution in [2.24, 2.45) is 0 Å². The van der Waals surface area contributed by atoms with Gasteiger partial charge in [0.1, 0.15) is 11.6 Å². The summed E-state index contributed by atoms with van der Waals surface area (Å²) in [6.07, 6.45) is 1.54. The summed E-state index contributed by atoms with van der Waals surface area (Å²) in [7, 11) is -2.54. The number of ether oxygens (including phenoxy) is 1. The molecule has 0 spiro atoms. The molecule has 1 aliphatic rings. The van der Waals surface area contributed by atoms with Crippen molar-refractivity contribution >= 4 is 49.5 Å². The summed E-state index contributed by atoms with van der Waals surface area (Å²) in [5, 5.41) is 19.0. The van der Waals surface area contributed by atoms with Crippen LogP contribution in [-0.2, 0) is 9.84 Å². The fourth-order valence-electron chi connectivity index (χ4n) is 4.42. The highest BCUT2D eigenvalue weighted by Crippen LogP contribution is 2.47. The molecule has 0 radical (unpaired) electrons. The van der Waals surface area contributed by atoms with E-state index in [1.807, 2.05) is 0 Å². The summed E-state index contributed by atoms with van der Waals surface area (Å²) < 4.78 is 50.0. The third-order valence-electron chi connectivity index (χ3n) is 6.54. The number of rotatable bonds is 8. The van der Waals surface area contributed by atoms with Crippen molar-refractivity contribution in [3.8, 4) is 5.75 Å². The molecule has 0 saturated heterocycles. The maximum atomic E-state index is 14.4. The van der Waals surface area contributed by atoms with E-state index in [9.17, 15) is 27.7 Å².